The Bertz CT molecular complexity index is 404. The molecule has 5 nitrogen and oxygen atoms in total. The fraction of sp³-hybridized carbons (Fsp3) is 0.364. The normalized spacial score (nSPS) is 13.7. The van der Waals surface area contributed by atoms with E-state index in [2.05, 4.69) is 10.3 Å². The summed E-state index contributed by atoms with van der Waals surface area (Å²) in [5.74, 6) is 1.52. The third-order valence-corrected chi connectivity index (χ3v) is 2.27. The topological polar surface area (TPSA) is 79.9 Å². The van der Waals surface area contributed by atoms with E-state index >= 15 is 0 Å². The van der Waals surface area contributed by atoms with Crippen LogP contribution in [-0.2, 0) is 0 Å². The third-order valence-electron chi connectivity index (χ3n) is 2.27. The van der Waals surface area contributed by atoms with Crippen LogP contribution in [-0.4, -0.2) is 30.7 Å². The molecule has 0 fully saturated rings. The van der Waals surface area contributed by atoms with E-state index in [1.54, 1.807) is 12.1 Å². The van der Waals surface area contributed by atoms with Crippen LogP contribution < -0.4 is 15.8 Å². The van der Waals surface area contributed by atoms with Gasteiger partial charge in [0, 0.05) is 18.8 Å². The summed E-state index contributed by atoms with van der Waals surface area (Å²) in [6.07, 6.45) is 0.697. The molecule has 1 aromatic carbocycles. The maximum Gasteiger partial charge on any atom is 0.146 e. The lowest BCUT2D eigenvalue weighted by molar-refractivity contribution is 0.288. The first kappa shape index (κ1) is 10.8. The minimum atomic E-state index is 0.171. The summed E-state index contributed by atoms with van der Waals surface area (Å²) in [5.41, 5.74) is 7.09. The molecule has 0 spiro atoms. The number of nitrogens with zero attached hydrogens (tertiary/aromatic N) is 1. The summed E-state index contributed by atoms with van der Waals surface area (Å²) in [7, 11) is 0. The van der Waals surface area contributed by atoms with Crippen molar-refractivity contribution in [2.24, 2.45) is 4.99 Å². The van der Waals surface area contributed by atoms with Crippen LogP contribution in [0.4, 0.5) is 11.4 Å². The molecule has 0 bridgehead atoms. The number of fused-ring (bicyclic) bond motifs is 1. The third kappa shape index (κ3) is 2.43. The number of hydrogen-bond donors (Lipinski definition) is 3. The summed E-state index contributed by atoms with van der Waals surface area (Å²) < 4.78 is 5.51. The lowest BCUT2D eigenvalue weighted by Crippen LogP contribution is -2.31. The highest BCUT2D eigenvalue weighted by atomic mass is 16.5. The molecule has 1 aliphatic rings. The van der Waals surface area contributed by atoms with E-state index in [0.29, 0.717) is 25.3 Å². The molecule has 1 heterocycles. The van der Waals surface area contributed by atoms with E-state index in [9.17, 15) is 0 Å². The fourth-order valence-corrected chi connectivity index (χ4v) is 1.47. The molecule has 0 aliphatic carbocycles. The first-order chi connectivity index (χ1) is 7.79. The Labute approximate surface area is 93.9 Å². The highest BCUT2D eigenvalue weighted by Crippen LogP contribution is 2.31. The van der Waals surface area contributed by atoms with Crippen molar-refractivity contribution < 1.29 is 9.84 Å². The van der Waals surface area contributed by atoms with Crippen molar-refractivity contribution in [2.75, 3.05) is 25.5 Å². The predicted octanol–water partition coefficient (Wildman–Crippen LogP) is 0.663. The molecule has 0 unspecified atom stereocenters. The molecule has 5 heteroatoms. The second kappa shape index (κ2) is 4.85. The Kier molecular flexibility index (Phi) is 3.26. The molecule has 0 aromatic heterocycles. The number of ether oxygens (including phenoxy) is 1. The summed E-state index contributed by atoms with van der Waals surface area (Å²) in [6.45, 7) is 1.30. The highest BCUT2D eigenvalue weighted by molar-refractivity contribution is 5.89. The number of aliphatic hydroxyl groups excluding tert-OH is 1. The zero-order valence-corrected chi connectivity index (χ0v) is 8.94. The van der Waals surface area contributed by atoms with Crippen molar-refractivity contribution in [3.63, 3.8) is 0 Å². The second-order valence-electron chi connectivity index (χ2n) is 3.58. The number of hydrogen-bond acceptors (Lipinski definition) is 5. The Hall–Kier alpha value is -1.75. The Morgan fingerprint density at radius 3 is 3.19 bits per heavy atom. The van der Waals surface area contributed by atoms with E-state index in [-0.39, 0.29) is 6.61 Å². The number of nitrogen functional groups attached to an aromatic ring is 1. The molecule has 1 aliphatic heterocycles. The van der Waals surface area contributed by atoms with Gasteiger partial charge in [-0.15, -0.1) is 0 Å². The first-order valence-corrected chi connectivity index (χ1v) is 5.24. The summed E-state index contributed by atoms with van der Waals surface area (Å²) in [4.78, 5) is 4.40. The van der Waals surface area contributed by atoms with Crippen LogP contribution in [0, 0.1) is 0 Å². The van der Waals surface area contributed by atoms with Crippen molar-refractivity contribution in [3.05, 3.63) is 18.2 Å². The minimum absolute atomic E-state index is 0.171. The van der Waals surface area contributed by atoms with E-state index < -0.39 is 0 Å². The van der Waals surface area contributed by atoms with Crippen LogP contribution in [0.15, 0.2) is 23.2 Å². The first-order valence-electron chi connectivity index (χ1n) is 5.24. The lowest BCUT2D eigenvalue weighted by atomic mass is 10.2. The van der Waals surface area contributed by atoms with Crippen LogP contribution in [0.25, 0.3) is 0 Å². The lowest BCUT2D eigenvalue weighted by Gasteiger charge is -2.18. The molecule has 16 heavy (non-hydrogen) atoms. The predicted molar refractivity (Wildman–Crippen MR) is 63.1 cm³/mol. The molecule has 0 saturated heterocycles. The van der Waals surface area contributed by atoms with Gasteiger partial charge in [-0.05, 0) is 24.6 Å². The molecule has 0 amide bonds. The SMILES string of the molecule is Nc1ccc2c(c1)N=C(NCCCO)CO2. The van der Waals surface area contributed by atoms with Crippen molar-refractivity contribution in [1.82, 2.24) is 5.32 Å². The van der Waals surface area contributed by atoms with Crippen molar-refractivity contribution in [3.8, 4) is 5.75 Å². The monoisotopic (exact) mass is 221 g/mol. The van der Waals surface area contributed by atoms with Crippen LogP contribution in [0.5, 0.6) is 5.75 Å². The van der Waals surface area contributed by atoms with Gasteiger partial charge in [-0.25, -0.2) is 4.99 Å². The number of benzene rings is 1. The summed E-state index contributed by atoms with van der Waals surface area (Å²) in [5, 5.41) is 11.8. The maximum absolute atomic E-state index is 8.66. The quantitative estimate of drug-likeness (QED) is 0.517. The van der Waals surface area contributed by atoms with Crippen molar-refractivity contribution in [1.29, 1.82) is 0 Å². The summed E-state index contributed by atoms with van der Waals surface area (Å²) >= 11 is 0. The molecule has 0 radical (unpaired) electrons. The van der Waals surface area contributed by atoms with Gasteiger partial charge in [0.2, 0.25) is 0 Å². The molecule has 1 aromatic rings. The molecule has 2 rings (SSSR count). The highest BCUT2D eigenvalue weighted by Gasteiger charge is 2.12. The number of aliphatic imine (C=N–C) groups is 1. The Balaban J connectivity index is 2.08. The number of amidine groups is 1. The molecular formula is C11H15N3O2. The second-order valence-corrected chi connectivity index (χ2v) is 3.58. The number of rotatable bonds is 3. The van der Waals surface area contributed by atoms with Crippen LogP contribution in [0.1, 0.15) is 6.42 Å². The van der Waals surface area contributed by atoms with Crippen molar-refractivity contribution >= 4 is 17.2 Å². The van der Waals surface area contributed by atoms with Gasteiger partial charge in [-0.2, -0.15) is 0 Å². The van der Waals surface area contributed by atoms with Gasteiger partial charge in [0.1, 0.15) is 23.9 Å². The Morgan fingerprint density at radius 2 is 2.38 bits per heavy atom. The minimum Gasteiger partial charge on any atom is -0.483 e. The van der Waals surface area contributed by atoms with E-state index in [4.69, 9.17) is 15.6 Å². The summed E-state index contributed by atoms with van der Waals surface area (Å²) in [6, 6.07) is 5.39. The van der Waals surface area contributed by atoms with Gasteiger partial charge in [0.05, 0.1) is 0 Å². The van der Waals surface area contributed by atoms with E-state index in [1.165, 1.54) is 0 Å². The van der Waals surface area contributed by atoms with Gasteiger partial charge in [-0.1, -0.05) is 0 Å². The fourth-order valence-electron chi connectivity index (χ4n) is 1.47. The van der Waals surface area contributed by atoms with Crippen LogP contribution in [0.3, 0.4) is 0 Å². The largest absolute Gasteiger partial charge is 0.483 e. The average molecular weight is 221 g/mol. The molecular weight excluding hydrogens is 206 g/mol. The number of anilines is 1. The Morgan fingerprint density at radius 1 is 1.50 bits per heavy atom. The number of aliphatic hydroxyl groups is 1. The number of nitrogens with one attached hydrogen (secondary N) is 1. The molecule has 86 valence electrons. The molecule has 0 atom stereocenters. The van der Waals surface area contributed by atoms with Gasteiger partial charge in [0.15, 0.2) is 0 Å². The van der Waals surface area contributed by atoms with Crippen LogP contribution in [0.2, 0.25) is 0 Å². The van der Waals surface area contributed by atoms with Crippen molar-refractivity contribution in [2.45, 2.75) is 6.42 Å². The maximum atomic E-state index is 8.66. The van der Waals surface area contributed by atoms with Gasteiger partial charge in [0.25, 0.3) is 0 Å². The zero-order chi connectivity index (χ0) is 11.4. The smallest absolute Gasteiger partial charge is 0.146 e. The van der Waals surface area contributed by atoms with Gasteiger partial charge >= 0.3 is 0 Å². The van der Waals surface area contributed by atoms with E-state index in [1.807, 2.05) is 6.07 Å². The molecule has 4 N–H and O–H groups in total. The standard InChI is InChI=1S/C11H15N3O2/c12-8-2-3-10-9(6-8)14-11(7-16-10)13-4-1-5-15/h2-3,6,15H,1,4-5,7,12H2,(H,13,14). The van der Waals surface area contributed by atoms with Crippen LogP contribution >= 0.6 is 0 Å². The average Bonchev–Trinajstić information content (AvgIpc) is 2.29. The van der Waals surface area contributed by atoms with E-state index in [0.717, 1.165) is 17.3 Å². The zero-order valence-electron chi connectivity index (χ0n) is 8.94. The van der Waals surface area contributed by atoms with Gasteiger partial charge < -0.3 is 20.9 Å². The number of nitrogens with two attached hydrogens (primary N) is 1. The molecule has 0 saturated carbocycles. The van der Waals surface area contributed by atoms with Gasteiger partial charge in [-0.3, -0.25) is 0 Å².